The van der Waals surface area contributed by atoms with Crippen molar-refractivity contribution in [2.75, 3.05) is 37.6 Å². The quantitative estimate of drug-likeness (QED) is 0.396. The van der Waals surface area contributed by atoms with Crippen LogP contribution in [0.5, 0.6) is 5.75 Å². The van der Waals surface area contributed by atoms with Gasteiger partial charge in [-0.3, -0.25) is 9.69 Å². The molecule has 2 aromatic carbocycles. The van der Waals surface area contributed by atoms with Gasteiger partial charge in [-0.15, -0.1) is 0 Å². The van der Waals surface area contributed by atoms with E-state index in [1.54, 1.807) is 30.0 Å². The highest BCUT2D eigenvalue weighted by Gasteiger charge is 2.52. The maximum absolute atomic E-state index is 13.8. The van der Waals surface area contributed by atoms with Crippen LogP contribution in [0.4, 0.5) is 14.5 Å². The van der Waals surface area contributed by atoms with E-state index in [2.05, 4.69) is 9.62 Å². The Morgan fingerprint density at radius 3 is 2.55 bits per heavy atom. The Balaban J connectivity index is 1.37. The Kier molecular flexibility index (Phi) is 9.84. The van der Waals surface area contributed by atoms with Crippen molar-refractivity contribution < 1.29 is 31.8 Å². The summed E-state index contributed by atoms with van der Waals surface area (Å²) in [6.45, 7) is 4.44. The number of sulfonamides is 1. The molecule has 1 aliphatic carbocycles. The highest BCUT2D eigenvalue weighted by Crippen LogP contribution is 2.47. The minimum absolute atomic E-state index is 0.0958. The normalized spacial score (nSPS) is 31.4. The van der Waals surface area contributed by atoms with Gasteiger partial charge in [-0.05, 0) is 111 Å². The molecule has 1 saturated carbocycles. The summed E-state index contributed by atoms with van der Waals surface area (Å²) < 4.78 is 63.1. The molecule has 0 radical (unpaired) electrons. The predicted molar refractivity (Wildman–Crippen MR) is 179 cm³/mol. The average Bonchev–Trinajstić information content (AvgIpc) is 3.00. The van der Waals surface area contributed by atoms with E-state index in [1.165, 1.54) is 0 Å². The second-order valence-electron chi connectivity index (χ2n) is 14.4. The van der Waals surface area contributed by atoms with Crippen molar-refractivity contribution in [3.63, 3.8) is 0 Å². The summed E-state index contributed by atoms with van der Waals surface area (Å²) in [5.74, 6) is -3.13. The number of carbonyl (C=O) groups is 1. The lowest BCUT2D eigenvalue weighted by molar-refractivity contribution is -0.173. The summed E-state index contributed by atoms with van der Waals surface area (Å²) in [7, 11) is -4.01. The number of hydrogen-bond donors (Lipinski definition) is 2. The zero-order valence-electron chi connectivity index (χ0n) is 27.2. The number of nitrogens with one attached hydrogen (secondary N) is 1. The molecule has 258 valence electrons. The maximum Gasteiger partial charge on any atom is 0.272 e. The predicted octanol–water partition coefficient (Wildman–Crippen LogP) is 6.04. The van der Waals surface area contributed by atoms with Crippen molar-refractivity contribution in [1.82, 2.24) is 9.62 Å². The number of ether oxygens (including phenoxy) is 1. The first-order valence-corrected chi connectivity index (χ1v) is 18.8. The van der Waals surface area contributed by atoms with Crippen LogP contribution in [-0.4, -0.2) is 73.8 Å². The number of hydrogen-bond acceptors (Lipinski definition) is 7. The van der Waals surface area contributed by atoms with E-state index in [0.29, 0.717) is 55.4 Å². The van der Waals surface area contributed by atoms with Gasteiger partial charge in [-0.1, -0.05) is 31.0 Å². The second kappa shape index (κ2) is 13.4. The minimum Gasteiger partial charge on any atom is -0.487 e. The molecular formula is C35H46ClF2N3O5S. The lowest BCUT2D eigenvalue weighted by Gasteiger charge is -2.52. The van der Waals surface area contributed by atoms with Crippen molar-refractivity contribution in [2.45, 2.75) is 88.6 Å². The van der Waals surface area contributed by atoms with E-state index < -0.39 is 32.7 Å². The van der Waals surface area contributed by atoms with Crippen LogP contribution in [0, 0.1) is 17.8 Å². The minimum atomic E-state index is -4.01. The first-order valence-electron chi connectivity index (χ1n) is 16.9. The molecule has 47 heavy (non-hydrogen) atoms. The number of benzene rings is 2. The molecule has 1 unspecified atom stereocenters. The van der Waals surface area contributed by atoms with Gasteiger partial charge in [0.15, 0.2) is 0 Å². The fourth-order valence-corrected chi connectivity index (χ4v) is 9.40. The zero-order valence-corrected chi connectivity index (χ0v) is 28.8. The summed E-state index contributed by atoms with van der Waals surface area (Å²) in [4.78, 5) is 17.3. The molecule has 1 saturated heterocycles. The zero-order chi connectivity index (χ0) is 33.6. The van der Waals surface area contributed by atoms with Gasteiger partial charge in [0.2, 0.25) is 10.0 Å². The number of fused-ring (bicyclic) bond motifs is 3. The SMILES string of the molecule is CC1CCC[C@](O)(CN2CC(F)(F)C2)[C@@H]2CC[C@H]2CN2CCCCc3cc(Cl)ccc3COc3ccc(cc32)C(=O)NS(=O)(=O)[C@@H]1C. The lowest BCUT2D eigenvalue weighted by atomic mass is 9.62. The number of β-amino-alcohol motifs (C(OH)–C–C–N with tert-alkyl or cyclic N) is 1. The Morgan fingerprint density at radius 1 is 1.04 bits per heavy atom. The maximum atomic E-state index is 13.8. The van der Waals surface area contributed by atoms with Gasteiger partial charge in [-0.2, -0.15) is 0 Å². The number of aryl methyl sites for hydroxylation is 1. The fourth-order valence-electron chi connectivity index (χ4n) is 7.90. The van der Waals surface area contributed by atoms with Crippen molar-refractivity contribution >= 4 is 33.2 Å². The molecule has 5 atom stereocenters. The first kappa shape index (κ1) is 34.4. The van der Waals surface area contributed by atoms with Gasteiger partial charge < -0.3 is 14.7 Å². The monoisotopic (exact) mass is 693 g/mol. The van der Waals surface area contributed by atoms with Gasteiger partial charge in [-0.25, -0.2) is 21.9 Å². The molecule has 2 N–H and O–H groups in total. The van der Waals surface area contributed by atoms with Crippen LogP contribution in [0.1, 0.15) is 80.3 Å². The third kappa shape index (κ3) is 7.58. The molecule has 0 spiro atoms. The van der Waals surface area contributed by atoms with E-state index >= 15 is 0 Å². The number of alkyl halides is 2. The highest BCUT2D eigenvalue weighted by molar-refractivity contribution is 7.90. The number of likely N-dealkylation sites (tertiary alicyclic amines) is 1. The summed E-state index contributed by atoms with van der Waals surface area (Å²) in [6.07, 6.45) is 5.71. The molecule has 1 amide bonds. The smallest absolute Gasteiger partial charge is 0.272 e. The van der Waals surface area contributed by atoms with Crippen LogP contribution < -0.4 is 14.4 Å². The van der Waals surface area contributed by atoms with E-state index in [4.69, 9.17) is 16.3 Å². The number of anilines is 1. The largest absolute Gasteiger partial charge is 0.487 e. The Labute approximate surface area is 281 Å². The van der Waals surface area contributed by atoms with Crippen LogP contribution in [0.15, 0.2) is 36.4 Å². The molecule has 3 aliphatic heterocycles. The van der Waals surface area contributed by atoms with Crippen molar-refractivity contribution in [3.8, 4) is 5.75 Å². The summed E-state index contributed by atoms with van der Waals surface area (Å²) in [6, 6.07) is 10.8. The molecule has 4 aliphatic rings. The van der Waals surface area contributed by atoms with E-state index in [9.17, 15) is 27.1 Å². The molecule has 0 aromatic heterocycles. The van der Waals surface area contributed by atoms with Gasteiger partial charge in [0.1, 0.15) is 12.4 Å². The molecule has 3 heterocycles. The van der Waals surface area contributed by atoms with Crippen molar-refractivity contribution in [2.24, 2.45) is 17.8 Å². The number of rotatable bonds is 2. The second-order valence-corrected chi connectivity index (χ2v) is 16.9. The molecule has 8 nitrogen and oxygen atoms in total. The highest BCUT2D eigenvalue weighted by atomic mass is 35.5. The van der Waals surface area contributed by atoms with Crippen molar-refractivity contribution in [1.29, 1.82) is 0 Å². The van der Waals surface area contributed by atoms with Crippen LogP contribution >= 0.6 is 11.6 Å². The molecular weight excluding hydrogens is 648 g/mol. The summed E-state index contributed by atoms with van der Waals surface area (Å²) in [5.41, 5.74) is 1.89. The first-order chi connectivity index (χ1) is 22.2. The topological polar surface area (TPSA) is 99.2 Å². The molecule has 2 fully saturated rings. The Bertz CT molecular complexity index is 1580. The number of carbonyl (C=O) groups excluding carboxylic acids is 1. The van der Waals surface area contributed by atoms with E-state index in [1.807, 2.05) is 25.1 Å². The third-order valence-electron chi connectivity index (χ3n) is 11.0. The standard InChI is InChI=1S/C35H46ClF2N3O5S/c1-23-6-5-14-34(43,20-40-21-35(37,38)22-40)30-12-9-27(30)18-41-15-4-3-7-25-16-29(36)11-8-28(25)19-46-32-13-10-26(17-31(32)41)33(42)39-47(44,45)24(23)2/h8,10-11,13,16-17,23-24,27,30,43H,3-7,9,12,14-15,18-22H2,1-2H3,(H,39,42)/t23?,24-,27+,30-,34+/m1/s1. The number of nitrogens with zero attached hydrogens (tertiary/aromatic N) is 2. The lowest BCUT2D eigenvalue weighted by Crippen LogP contribution is -2.63. The fraction of sp³-hybridized carbons (Fsp3) is 0.629. The van der Waals surface area contributed by atoms with Crippen LogP contribution in [0.25, 0.3) is 0 Å². The summed E-state index contributed by atoms with van der Waals surface area (Å²) in [5, 5.41) is 12.1. The van der Waals surface area contributed by atoms with E-state index in [-0.39, 0.29) is 43.0 Å². The van der Waals surface area contributed by atoms with Gasteiger partial charge in [0, 0.05) is 30.2 Å². The van der Waals surface area contributed by atoms with Crippen LogP contribution in [0.2, 0.25) is 5.02 Å². The van der Waals surface area contributed by atoms with Crippen LogP contribution in [-0.2, 0) is 23.1 Å². The molecule has 2 aromatic rings. The van der Waals surface area contributed by atoms with Gasteiger partial charge >= 0.3 is 0 Å². The third-order valence-corrected chi connectivity index (χ3v) is 13.2. The van der Waals surface area contributed by atoms with Gasteiger partial charge in [0.05, 0.1) is 29.6 Å². The molecule has 2 bridgehead atoms. The van der Waals surface area contributed by atoms with Crippen molar-refractivity contribution in [3.05, 3.63) is 58.1 Å². The number of amides is 1. The number of halogens is 3. The summed E-state index contributed by atoms with van der Waals surface area (Å²) >= 11 is 6.32. The number of aliphatic hydroxyl groups is 1. The van der Waals surface area contributed by atoms with Gasteiger partial charge in [0.25, 0.3) is 11.8 Å². The Hall–Kier alpha value is -2.47. The molecule has 6 rings (SSSR count). The van der Waals surface area contributed by atoms with Crippen LogP contribution in [0.3, 0.4) is 0 Å². The average molecular weight is 694 g/mol. The Morgan fingerprint density at radius 2 is 1.83 bits per heavy atom. The molecule has 12 heteroatoms. The van der Waals surface area contributed by atoms with E-state index in [0.717, 1.165) is 43.2 Å².